The fraction of sp³-hybridized carbons (Fsp3) is 0.158. The maximum absolute atomic E-state index is 12.1. The van der Waals surface area contributed by atoms with Gasteiger partial charge in [-0.15, -0.1) is 10.2 Å². The van der Waals surface area contributed by atoms with Crippen LogP contribution in [0.15, 0.2) is 46.8 Å². The van der Waals surface area contributed by atoms with Crippen LogP contribution in [-0.4, -0.2) is 21.9 Å². The third-order valence-electron chi connectivity index (χ3n) is 3.90. The summed E-state index contributed by atoms with van der Waals surface area (Å²) in [7, 11) is 0. The number of carbonyl (C=O) groups is 1. The number of amides is 1. The summed E-state index contributed by atoms with van der Waals surface area (Å²) in [6.45, 7) is 4.11. The molecule has 0 aliphatic rings. The number of hydrogen-bond acceptors (Lipinski definition) is 7. The van der Waals surface area contributed by atoms with E-state index in [0.29, 0.717) is 20.7 Å². The fourth-order valence-corrected chi connectivity index (χ4v) is 3.89. The van der Waals surface area contributed by atoms with Crippen LogP contribution in [0, 0.1) is 25.2 Å². The van der Waals surface area contributed by atoms with E-state index < -0.39 is 0 Å². The molecule has 136 valence electrons. The molecule has 3 aromatic rings. The fourth-order valence-electron chi connectivity index (χ4n) is 2.32. The molecule has 1 amide bonds. The number of rotatable bonds is 6. The second-order valence-electron chi connectivity index (χ2n) is 5.74. The van der Waals surface area contributed by atoms with Crippen LogP contribution in [0.25, 0.3) is 0 Å². The Morgan fingerprint density at radius 3 is 2.74 bits per heavy atom. The van der Waals surface area contributed by atoms with Crippen molar-refractivity contribution in [2.24, 2.45) is 0 Å². The van der Waals surface area contributed by atoms with Gasteiger partial charge in [-0.05, 0) is 43.2 Å². The van der Waals surface area contributed by atoms with Gasteiger partial charge < -0.3 is 10.6 Å². The smallest absolute Gasteiger partial charge is 0.234 e. The van der Waals surface area contributed by atoms with Gasteiger partial charge in [-0.3, -0.25) is 4.79 Å². The highest BCUT2D eigenvalue weighted by Gasteiger charge is 2.11. The van der Waals surface area contributed by atoms with Crippen LogP contribution >= 0.6 is 23.1 Å². The lowest BCUT2D eigenvalue weighted by Crippen LogP contribution is -2.14. The molecule has 0 unspecified atom stereocenters. The first-order valence-electron chi connectivity index (χ1n) is 8.15. The number of hydrogen-bond donors (Lipinski definition) is 2. The van der Waals surface area contributed by atoms with Gasteiger partial charge in [0.25, 0.3) is 0 Å². The highest BCUT2D eigenvalue weighted by molar-refractivity contribution is 8.01. The predicted molar refractivity (Wildman–Crippen MR) is 110 cm³/mol. The molecule has 0 bridgehead atoms. The minimum absolute atomic E-state index is 0.192. The highest BCUT2D eigenvalue weighted by atomic mass is 32.2. The van der Waals surface area contributed by atoms with Gasteiger partial charge in [0.1, 0.15) is 6.07 Å². The summed E-state index contributed by atoms with van der Waals surface area (Å²) in [6.07, 6.45) is 0. The van der Waals surface area contributed by atoms with Crippen molar-refractivity contribution in [3.05, 3.63) is 59.2 Å². The van der Waals surface area contributed by atoms with E-state index in [0.717, 1.165) is 11.3 Å². The summed E-state index contributed by atoms with van der Waals surface area (Å²) in [5.41, 5.74) is 4.31. The molecule has 8 heteroatoms. The molecule has 3 rings (SSSR count). The van der Waals surface area contributed by atoms with E-state index in [1.54, 1.807) is 24.3 Å². The number of nitriles is 1. The van der Waals surface area contributed by atoms with Gasteiger partial charge in [-0.2, -0.15) is 5.26 Å². The topological polar surface area (TPSA) is 90.7 Å². The summed E-state index contributed by atoms with van der Waals surface area (Å²) in [5, 5.41) is 24.0. The van der Waals surface area contributed by atoms with Crippen molar-refractivity contribution in [3.8, 4) is 6.07 Å². The molecule has 2 aromatic carbocycles. The van der Waals surface area contributed by atoms with E-state index in [9.17, 15) is 4.79 Å². The summed E-state index contributed by atoms with van der Waals surface area (Å²) >= 11 is 2.71. The van der Waals surface area contributed by atoms with Gasteiger partial charge in [0.2, 0.25) is 11.0 Å². The molecule has 6 nitrogen and oxygen atoms in total. The molecule has 0 atom stereocenters. The van der Waals surface area contributed by atoms with Crippen molar-refractivity contribution < 1.29 is 4.79 Å². The molecule has 27 heavy (non-hydrogen) atoms. The second-order valence-corrected chi connectivity index (χ2v) is 7.94. The molecule has 0 radical (unpaired) electrons. The molecule has 0 saturated heterocycles. The summed E-state index contributed by atoms with van der Waals surface area (Å²) in [4.78, 5) is 12.1. The highest BCUT2D eigenvalue weighted by Crippen LogP contribution is 2.29. The summed E-state index contributed by atoms with van der Waals surface area (Å²) in [5.74, 6) is -0.000320. The molecule has 1 heterocycles. The molecular formula is C19H17N5OS2. The SMILES string of the molecule is Cc1cccc(Nc2nnc(SCC(=O)Nc3ccccc3C#N)s2)c1C. The average Bonchev–Trinajstić information content (AvgIpc) is 3.12. The molecular weight excluding hydrogens is 378 g/mol. The molecule has 0 aliphatic heterocycles. The minimum atomic E-state index is -0.193. The van der Waals surface area contributed by atoms with E-state index >= 15 is 0 Å². The first-order chi connectivity index (χ1) is 13.1. The van der Waals surface area contributed by atoms with Crippen LogP contribution in [0.2, 0.25) is 0 Å². The lowest BCUT2D eigenvalue weighted by molar-refractivity contribution is -0.113. The third-order valence-corrected chi connectivity index (χ3v) is 5.87. The maximum Gasteiger partial charge on any atom is 0.234 e. The van der Waals surface area contributed by atoms with Crippen molar-refractivity contribution in [1.82, 2.24) is 10.2 Å². The number of anilines is 3. The number of para-hydroxylation sites is 1. The van der Waals surface area contributed by atoms with Crippen LogP contribution in [0.1, 0.15) is 16.7 Å². The van der Waals surface area contributed by atoms with Crippen molar-refractivity contribution in [3.63, 3.8) is 0 Å². The minimum Gasteiger partial charge on any atom is -0.330 e. The molecule has 0 spiro atoms. The normalized spacial score (nSPS) is 10.3. The Bertz CT molecular complexity index is 1010. The summed E-state index contributed by atoms with van der Waals surface area (Å²) < 4.78 is 0.700. The van der Waals surface area contributed by atoms with E-state index in [1.807, 2.05) is 12.1 Å². The van der Waals surface area contributed by atoms with Crippen LogP contribution in [-0.2, 0) is 4.79 Å². The monoisotopic (exact) mass is 395 g/mol. The van der Waals surface area contributed by atoms with E-state index in [-0.39, 0.29) is 11.7 Å². The zero-order valence-electron chi connectivity index (χ0n) is 14.8. The van der Waals surface area contributed by atoms with E-state index in [4.69, 9.17) is 5.26 Å². The Kier molecular flexibility index (Phi) is 6.06. The Hall–Kier alpha value is -2.89. The number of nitrogens with zero attached hydrogens (tertiary/aromatic N) is 3. The van der Waals surface area contributed by atoms with E-state index in [2.05, 4.69) is 46.8 Å². The number of thioether (sulfide) groups is 1. The Morgan fingerprint density at radius 2 is 1.93 bits per heavy atom. The van der Waals surface area contributed by atoms with E-state index in [1.165, 1.54) is 28.7 Å². The van der Waals surface area contributed by atoms with Gasteiger partial charge >= 0.3 is 0 Å². The van der Waals surface area contributed by atoms with Gasteiger partial charge in [-0.25, -0.2) is 0 Å². The molecule has 0 saturated carbocycles. The molecule has 0 fully saturated rings. The number of aromatic nitrogens is 2. The Balaban J connectivity index is 1.57. The van der Waals surface area contributed by atoms with Crippen molar-refractivity contribution in [1.29, 1.82) is 5.26 Å². The van der Waals surface area contributed by atoms with Crippen LogP contribution in [0.5, 0.6) is 0 Å². The number of benzene rings is 2. The van der Waals surface area contributed by atoms with Crippen LogP contribution < -0.4 is 10.6 Å². The first-order valence-corrected chi connectivity index (χ1v) is 9.95. The van der Waals surface area contributed by atoms with Crippen molar-refractivity contribution in [2.45, 2.75) is 18.2 Å². The largest absolute Gasteiger partial charge is 0.330 e. The second kappa shape index (κ2) is 8.66. The van der Waals surface area contributed by atoms with Crippen molar-refractivity contribution >= 4 is 45.5 Å². The summed E-state index contributed by atoms with van der Waals surface area (Å²) in [6, 6.07) is 15.0. The van der Waals surface area contributed by atoms with Crippen LogP contribution in [0.4, 0.5) is 16.5 Å². The predicted octanol–water partition coefficient (Wildman–Crippen LogP) is 4.50. The van der Waals surface area contributed by atoms with Gasteiger partial charge in [0.15, 0.2) is 4.34 Å². The number of aryl methyl sites for hydroxylation is 1. The van der Waals surface area contributed by atoms with Crippen LogP contribution in [0.3, 0.4) is 0 Å². The standard InChI is InChI=1S/C19H17N5OS2/c1-12-6-5-9-15(13(12)2)22-18-23-24-19(27-18)26-11-17(25)21-16-8-4-3-7-14(16)10-20/h3-9H,11H2,1-2H3,(H,21,25)(H,22,23). The Labute approximate surface area is 165 Å². The van der Waals surface area contributed by atoms with Gasteiger partial charge in [-0.1, -0.05) is 47.4 Å². The quantitative estimate of drug-likeness (QED) is 0.597. The number of nitrogens with one attached hydrogen (secondary N) is 2. The third kappa shape index (κ3) is 4.84. The van der Waals surface area contributed by atoms with Gasteiger partial charge in [0.05, 0.1) is 17.0 Å². The van der Waals surface area contributed by atoms with Gasteiger partial charge in [0, 0.05) is 5.69 Å². The molecule has 0 aliphatic carbocycles. The van der Waals surface area contributed by atoms with Crippen molar-refractivity contribution in [2.75, 3.05) is 16.4 Å². The number of carbonyl (C=O) groups excluding carboxylic acids is 1. The maximum atomic E-state index is 12.1. The lowest BCUT2D eigenvalue weighted by atomic mass is 10.1. The molecule has 1 aromatic heterocycles. The average molecular weight is 396 g/mol. The molecule has 2 N–H and O–H groups in total. The zero-order valence-corrected chi connectivity index (χ0v) is 16.4. The Morgan fingerprint density at radius 1 is 1.15 bits per heavy atom. The first kappa shape index (κ1) is 18.9. The lowest BCUT2D eigenvalue weighted by Gasteiger charge is -2.08. The zero-order chi connectivity index (χ0) is 19.2.